The van der Waals surface area contributed by atoms with E-state index in [0.717, 1.165) is 11.3 Å². The fraction of sp³-hybridized carbons (Fsp3) is 0.379. The van der Waals surface area contributed by atoms with Crippen molar-refractivity contribution >= 4 is 35.3 Å². The van der Waals surface area contributed by atoms with E-state index >= 15 is 0 Å². The van der Waals surface area contributed by atoms with Gasteiger partial charge in [-0.15, -0.1) is 0 Å². The average Bonchev–Trinajstić information content (AvgIpc) is 3.44. The Balaban J connectivity index is 1.35. The van der Waals surface area contributed by atoms with Crippen molar-refractivity contribution in [2.75, 3.05) is 25.2 Å². The Bertz CT molecular complexity index is 1440. The van der Waals surface area contributed by atoms with Crippen LogP contribution in [0.15, 0.2) is 48.7 Å². The number of esters is 1. The van der Waals surface area contributed by atoms with Crippen molar-refractivity contribution in [1.29, 1.82) is 0 Å². The first-order valence-corrected chi connectivity index (χ1v) is 13.3. The van der Waals surface area contributed by atoms with Gasteiger partial charge in [0, 0.05) is 28.5 Å². The average molecular weight is 585 g/mol. The van der Waals surface area contributed by atoms with Crippen LogP contribution >= 0.6 is 11.6 Å². The number of amides is 2. The van der Waals surface area contributed by atoms with Gasteiger partial charge >= 0.3 is 12.1 Å². The molecule has 3 aromatic rings. The number of nitrogens with one attached hydrogen (secondary N) is 1. The molecule has 0 unspecified atom stereocenters. The van der Waals surface area contributed by atoms with Crippen LogP contribution in [0.4, 0.5) is 10.5 Å². The van der Waals surface area contributed by atoms with Gasteiger partial charge in [0.2, 0.25) is 0 Å². The van der Waals surface area contributed by atoms with Crippen LogP contribution in [-0.4, -0.2) is 59.2 Å². The Kier molecular flexibility index (Phi) is 8.48. The van der Waals surface area contributed by atoms with E-state index in [2.05, 4.69) is 10.4 Å². The fourth-order valence-corrected chi connectivity index (χ4v) is 4.16. The van der Waals surface area contributed by atoms with E-state index in [4.69, 9.17) is 30.5 Å². The number of hydrogen-bond acceptors (Lipinski definition) is 8. The quantitative estimate of drug-likeness (QED) is 0.352. The highest BCUT2D eigenvalue weighted by Gasteiger charge is 2.33. The molecule has 1 aromatic heterocycles. The van der Waals surface area contributed by atoms with Crippen molar-refractivity contribution in [1.82, 2.24) is 15.1 Å². The molecule has 2 amide bonds. The summed E-state index contributed by atoms with van der Waals surface area (Å²) >= 11 is 5.97. The number of nitrogens with zero attached hydrogens (tertiary/aromatic N) is 3. The zero-order valence-electron chi connectivity index (χ0n) is 23.8. The fourth-order valence-electron chi connectivity index (χ4n) is 4.04. The highest BCUT2D eigenvalue weighted by Crippen LogP contribution is 2.36. The molecule has 2 heterocycles. The van der Waals surface area contributed by atoms with Crippen LogP contribution < -0.4 is 19.7 Å². The number of carbonyl (C=O) groups is 3. The Labute approximate surface area is 243 Å². The van der Waals surface area contributed by atoms with Crippen molar-refractivity contribution < 1.29 is 33.3 Å². The van der Waals surface area contributed by atoms with Gasteiger partial charge < -0.3 is 29.2 Å². The minimum Gasteiger partial charge on any atom is -0.493 e. The number of rotatable bonds is 9. The van der Waals surface area contributed by atoms with E-state index in [9.17, 15) is 14.4 Å². The predicted octanol–water partition coefficient (Wildman–Crippen LogP) is 4.92. The first-order valence-electron chi connectivity index (χ1n) is 12.9. The van der Waals surface area contributed by atoms with Crippen LogP contribution in [0.25, 0.3) is 5.69 Å². The van der Waals surface area contributed by atoms with Crippen molar-refractivity contribution in [3.8, 4) is 17.2 Å². The standard InChI is InChI=1S/C29H33ClN4O7/c1-28(2,3)41-27(37)31-14-24(35)40-29(4,5)17-39-22-12-11-21(13-23(22)38-6)33-15-18-16-34(32-25(18)26(33)36)20-9-7-19(30)8-10-20/h7-13,16H,14-15,17H2,1-6H3,(H,31,37). The topological polar surface area (TPSA) is 121 Å². The summed E-state index contributed by atoms with van der Waals surface area (Å²) in [7, 11) is 1.50. The summed E-state index contributed by atoms with van der Waals surface area (Å²) in [6, 6.07) is 12.3. The molecule has 0 saturated carbocycles. The number of benzene rings is 2. The Morgan fingerprint density at radius 3 is 2.32 bits per heavy atom. The minimum atomic E-state index is -1.01. The summed E-state index contributed by atoms with van der Waals surface area (Å²) in [6.45, 7) is 8.56. The minimum absolute atomic E-state index is 0.00769. The smallest absolute Gasteiger partial charge is 0.408 e. The lowest BCUT2D eigenvalue weighted by atomic mass is 10.1. The summed E-state index contributed by atoms with van der Waals surface area (Å²) in [5.41, 5.74) is 0.909. The molecule has 218 valence electrons. The largest absolute Gasteiger partial charge is 0.493 e. The third-order valence-corrected chi connectivity index (χ3v) is 6.11. The molecule has 11 nitrogen and oxygen atoms in total. The SMILES string of the molecule is COc1cc(N2Cc3cn(-c4ccc(Cl)cc4)nc3C2=O)ccc1OCC(C)(C)OC(=O)CNC(=O)OC(C)(C)C. The van der Waals surface area contributed by atoms with Crippen molar-refractivity contribution in [2.24, 2.45) is 0 Å². The highest BCUT2D eigenvalue weighted by molar-refractivity contribution is 6.30. The lowest BCUT2D eigenvalue weighted by molar-refractivity contribution is -0.157. The third kappa shape index (κ3) is 7.49. The molecule has 0 spiro atoms. The van der Waals surface area contributed by atoms with Gasteiger partial charge in [-0.1, -0.05) is 11.6 Å². The van der Waals surface area contributed by atoms with Gasteiger partial charge in [-0.25, -0.2) is 9.48 Å². The predicted molar refractivity (Wildman–Crippen MR) is 152 cm³/mol. The summed E-state index contributed by atoms with van der Waals surface area (Å²) in [5.74, 6) is -0.0578. The maximum Gasteiger partial charge on any atom is 0.408 e. The number of carbonyl (C=O) groups excluding carboxylic acids is 3. The van der Waals surface area contributed by atoms with Gasteiger partial charge in [-0.2, -0.15) is 5.10 Å². The van der Waals surface area contributed by atoms with Crippen molar-refractivity contribution in [3.05, 3.63) is 64.9 Å². The van der Waals surface area contributed by atoms with Crippen LogP contribution in [0.5, 0.6) is 11.5 Å². The number of ether oxygens (including phenoxy) is 4. The molecular weight excluding hydrogens is 552 g/mol. The molecule has 12 heteroatoms. The van der Waals surface area contributed by atoms with Gasteiger partial charge in [-0.3, -0.25) is 9.59 Å². The second-order valence-corrected chi connectivity index (χ2v) is 11.5. The van der Waals surface area contributed by atoms with E-state index in [0.29, 0.717) is 34.4 Å². The molecule has 4 rings (SSSR count). The van der Waals surface area contributed by atoms with Gasteiger partial charge in [0.15, 0.2) is 17.2 Å². The van der Waals surface area contributed by atoms with Crippen LogP contribution in [0.2, 0.25) is 5.02 Å². The number of halogens is 1. The molecule has 0 saturated heterocycles. The van der Waals surface area contributed by atoms with E-state index in [1.165, 1.54) is 7.11 Å². The molecule has 0 atom stereocenters. The van der Waals surface area contributed by atoms with Crippen molar-refractivity contribution in [2.45, 2.75) is 52.4 Å². The number of aromatic nitrogens is 2. The third-order valence-electron chi connectivity index (χ3n) is 5.86. The second kappa shape index (κ2) is 11.7. The van der Waals surface area contributed by atoms with Crippen LogP contribution in [0.3, 0.4) is 0 Å². The Morgan fingerprint density at radius 1 is 1.00 bits per heavy atom. The Hall–Kier alpha value is -4.25. The molecular formula is C29H33ClN4O7. The molecule has 0 aliphatic carbocycles. The summed E-state index contributed by atoms with van der Waals surface area (Å²) in [6.07, 6.45) is 1.12. The molecule has 0 radical (unpaired) electrons. The molecule has 2 aromatic carbocycles. The molecule has 1 N–H and O–H groups in total. The first-order chi connectivity index (χ1) is 19.2. The first kappa shape index (κ1) is 29.7. The zero-order valence-corrected chi connectivity index (χ0v) is 24.6. The van der Waals surface area contributed by atoms with E-state index < -0.39 is 23.3 Å². The van der Waals surface area contributed by atoms with Gasteiger partial charge in [0.05, 0.1) is 19.3 Å². The zero-order chi connectivity index (χ0) is 29.9. The summed E-state index contributed by atoms with van der Waals surface area (Å²) in [5, 5.41) is 7.47. The second-order valence-electron chi connectivity index (χ2n) is 11.0. The molecule has 1 aliphatic rings. The van der Waals surface area contributed by atoms with E-state index in [1.807, 2.05) is 18.3 Å². The summed E-state index contributed by atoms with van der Waals surface area (Å²) in [4.78, 5) is 38.8. The number of hydrogen-bond donors (Lipinski definition) is 1. The van der Waals surface area contributed by atoms with Crippen LogP contribution in [-0.2, 0) is 20.8 Å². The number of alkyl carbamates (subject to hydrolysis) is 1. The van der Waals surface area contributed by atoms with Gasteiger partial charge in [0.25, 0.3) is 5.91 Å². The molecule has 41 heavy (non-hydrogen) atoms. The maximum absolute atomic E-state index is 13.2. The number of anilines is 1. The molecule has 0 fully saturated rings. The number of methoxy groups -OCH3 is 1. The Morgan fingerprint density at radius 2 is 1.68 bits per heavy atom. The maximum atomic E-state index is 13.2. The normalized spacial score (nSPS) is 13.0. The van der Waals surface area contributed by atoms with E-state index in [-0.39, 0.29) is 19.1 Å². The lowest BCUT2D eigenvalue weighted by Gasteiger charge is -2.26. The number of fused-ring (bicyclic) bond motifs is 1. The summed E-state index contributed by atoms with van der Waals surface area (Å²) < 4.78 is 23.7. The monoisotopic (exact) mass is 584 g/mol. The molecule has 0 bridgehead atoms. The van der Waals surface area contributed by atoms with Crippen LogP contribution in [0.1, 0.15) is 50.7 Å². The highest BCUT2D eigenvalue weighted by atomic mass is 35.5. The van der Waals surface area contributed by atoms with Crippen LogP contribution in [0, 0.1) is 0 Å². The lowest BCUT2D eigenvalue weighted by Crippen LogP contribution is -2.40. The van der Waals surface area contributed by atoms with Gasteiger partial charge in [0.1, 0.15) is 24.4 Å². The molecule has 1 aliphatic heterocycles. The van der Waals surface area contributed by atoms with Crippen molar-refractivity contribution in [3.63, 3.8) is 0 Å². The van der Waals surface area contributed by atoms with Gasteiger partial charge in [-0.05, 0) is 71.0 Å². The van der Waals surface area contributed by atoms with E-state index in [1.54, 1.807) is 74.5 Å².